The lowest BCUT2D eigenvalue weighted by Gasteiger charge is -2.33. The minimum atomic E-state index is 0.273. The Morgan fingerprint density at radius 1 is 1.69 bits per heavy atom. The SMILES string of the molecule is CCC1CN(c2nc(Cl)ncc2Br)CCO1. The van der Waals surface area contributed by atoms with Crippen LogP contribution in [-0.4, -0.2) is 35.8 Å². The largest absolute Gasteiger partial charge is 0.375 e. The summed E-state index contributed by atoms with van der Waals surface area (Å²) in [5, 5.41) is 0.276. The smallest absolute Gasteiger partial charge is 0.224 e. The lowest BCUT2D eigenvalue weighted by atomic mass is 10.2. The summed E-state index contributed by atoms with van der Waals surface area (Å²) < 4.78 is 6.48. The minimum Gasteiger partial charge on any atom is -0.375 e. The van der Waals surface area contributed by atoms with Gasteiger partial charge in [0.1, 0.15) is 5.82 Å². The maximum atomic E-state index is 5.81. The van der Waals surface area contributed by atoms with E-state index in [0.29, 0.717) is 0 Å². The van der Waals surface area contributed by atoms with E-state index in [1.807, 2.05) is 0 Å². The molecule has 2 rings (SSSR count). The van der Waals surface area contributed by atoms with E-state index in [2.05, 4.69) is 37.7 Å². The molecular formula is C10H13BrClN3O. The van der Waals surface area contributed by atoms with Gasteiger partial charge in [0, 0.05) is 19.3 Å². The fourth-order valence-electron chi connectivity index (χ4n) is 1.72. The van der Waals surface area contributed by atoms with Crippen LogP contribution in [0.1, 0.15) is 13.3 Å². The third-order valence-corrected chi connectivity index (χ3v) is 3.33. The zero-order valence-corrected chi connectivity index (χ0v) is 11.3. The summed E-state index contributed by atoms with van der Waals surface area (Å²) in [5.41, 5.74) is 0. The predicted octanol–water partition coefficient (Wildman–Crippen LogP) is 2.51. The van der Waals surface area contributed by atoms with Crippen LogP contribution in [0.15, 0.2) is 10.7 Å². The second-order valence-electron chi connectivity index (χ2n) is 3.66. The average molecular weight is 307 g/mol. The fourth-order valence-corrected chi connectivity index (χ4v) is 2.29. The Morgan fingerprint density at radius 2 is 2.50 bits per heavy atom. The molecule has 0 N–H and O–H groups in total. The van der Waals surface area contributed by atoms with Gasteiger partial charge < -0.3 is 9.64 Å². The first-order valence-electron chi connectivity index (χ1n) is 5.25. The summed E-state index contributed by atoms with van der Waals surface area (Å²) >= 11 is 9.25. The summed E-state index contributed by atoms with van der Waals surface area (Å²) in [6, 6.07) is 0. The number of hydrogen-bond donors (Lipinski definition) is 0. The van der Waals surface area contributed by atoms with Gasteiger partial charge in [0.2, 0.25) is 5.28 Å². The van der Waals surface area contributed by atoms with Crippen LogP contribution >= 0.6 is 27.5 Å². The molecule has 0 bridgehead atoms. The molecule has 1 aliphatic heterocycles. The van der Waals surface area contributed by atoms with Gasteiger partial charge in [0.15, 0.2) is 0 Å². The van der Waals surface area contributed by atoms with Crippen molar-refractivity contribution in [3.8, 4) is 0 Å². The fraction of sp³-hybridized carbons (Fsp3) is 0.600. The van der Waals surface area contributed by atoms with E-state index in [1.165, 1.54) is 0 Å². The number of morpholine rings is 1. The van der Waals surface area contributed by atoms with E-state index in [1.54, 1.807) is 6.20 Å². The third-order valence-electron chi connectivity index (χ3n) is 2.59. The number of rotatable bonds is 2. The van der Waals surface area contributed by atoms with E-state index in [4.69, 9.17) is 16.3 Å². The molecule has 2 heterocycles. The Labute approximate surface area is 108 Å². The van der Waals surface area contributed by atoms with Crippen molar-refractivity contribution in [1.82, 2.24) is 9.97 Å². The van der Waals surface area contributed by atoms with Crippen molar-refractivity contribution in [2.75, 3.05) is 24.6 Å². The summed E-state index contributed by atoms with van der Waals surface area (Å²) in [6.07, 6.45) is 2.96. The molecule has 1 aromatic rings. The second kappa shape index (κ2) is 5.29. The molecule has 4 nitrogen and oxygen atoms in total. The van der Waals surface area contributed by atoms with Gasteiger partial charge in [-0.15, -0.1) is 0 Å². The number of anilines is 1. The summed E-state index contributed by atoms with van der Waals surface area (Å²) in [6.45, 7) is 4.54. The Bertz CT molecular complexity index is 377. The lowest BCUT2D eigenvalue weighted by molar-refractivity contribution is 0.0381. The van der Waals surface area contributed by atoms with Crippen LogP contribution < -0.4 is 4.90 Å². The number of nitrogens with zero attached hydrogens (tertiary/aromatic N) is 3. The van der Waals surface area contributed by atoms with Gasteiger partial charge in [-0.25, -0.2) is 4.98 Å². The summed E-state index contributed by atoms with van der Waals surface area (Å²) in [4.78, 5) is 10.3. The maximum Gasteiger partial charge on any atom is 0.224 e. The van der Waals surface area contributed by atoms with Crippen LogP contribution in [0, 0.1) is 0 Å². The van der Waals surface area contributed by atoms with Gasteiger partial charge in [-0.2, -0.15) is 4.98 Å². The summed E-state index contributed by atoms with van der Waals surface area (Å²) in [7, 11) is 0. The molecule has 0 spiro atoms. The number of ether oxygens (including phenoxy) is 1. The molecule has 16 heavy (non-hydrogen) atoms. The van der Waals surface area contributed by atoms with E-state index >= 15 is 0 Å². The quantitative estimate of drug-likeness (QED) is 0.787. The summed E-state index contributed by atoms with van der Waals surface area (Å²) in [5.74, 6) is 0.849. The van der Waals surface area contributed by atoms with Crippen LogP contribution in [0.2, 0.25) is 5.28 Å². The standard InChI is InChI=1S/C10H13BrClN3O/c1-2-7-6-15(3-4-16-7)9-8(11)5-13-10(12)14-9/h5,7H,2-4,6H2,1H3. The van der Waals surface area contributed by atoms with Gasteiger partial charge in [-0.3, -0.25) is 0 Å². The van der Waals surface area contributed by atoms with E-state index in [-0.39, 0.29) is 11.4 Å². The molecule has 1 aliphatic rings. The first-order chi connectivity index (χ1) is 7.70. The predicted molar refractivity (Wildman–Crippen MR) is 67.0 cm³/mol. The molecular weight excluding hydrogens is 293 g/mol. The molecule has 1 saturated heterocycles. The van der Waals surface area contributed by atoms with Crippen molar-refractivity contribution in [3.63, 3.8) is 0 Å². The molecule has 0 amide bonds. The van der Waals surface area contributed by atoms with E-state index in [0.717, 1.165) is 36.4 Å². The van der Waals surface area contributed by atoms with Crippen molar-refractivity contribution in [2.45, 2.75) is 19.4 Å². The third kappa shape index (κ3) is 2.64. The van der Waals surface area contributed by atoms with Gasteiger partial charge >= 0.3 is 0 Å². The molecule has 0 saturated carbocycles. The van der Waals surface area contributed by atoms with Crippen molar-refractivity contribution in [1.29, 1.82) is 0 Å². The van der Waals surface area contributed by atoms with Gasteiger partial charge in [-0.1, -0.05) is 6.92 Å². The van der Waals surface area contributed by atoms with Gasteiger partial charge in [0.05, 0.1) is 17.2 Å². The molecule has 88 valence electrons. The number of halogens is 2. The second-order valence-corrected chi connectivity index (χ2v) is 4.85. The number of aromatic nitrogens is 2. The van der Waals surface area contributed by atoms with Crippen molar-refractivity contribution >= 4 is 33.3 Å². The number of hydrogen-bond acceptors (Lipinski definition) is 4. The molecule has 1 fully saturated rings. The highest BCUT2D eigenvalue weighted by atomic mass is 79.9. The molecule has 0 aromatic carbocycles. The molecule has 1 unspecified atom stereocenters. The van der Waals surface area contributed by atoms with Gasteiger partial charge in [0.25, 0.3) is 0 Å². The van der Waals surface area contributed by atoms with E-state index < -0.39 is 0 Å². The van der Waals surface area contributed by atoms with Crippen LogP contribution in [0.5, 0.6) is 0 Å². The zero-order valence-electron chi connectivity index (χ0n) is 8.99. The lowest BCUT2D eigenvalue weighted by Crippen LogP contribution is -2.42. The Kier molecular flexibility index (Phi) is 4.00. The van der Waals surface area contributed by atoms with Gasteiger partial charge in [-0.05, 0) is 34.0 Å². The molecule has 0 radical (unpaired) electrons. The molecule has 6 heteroatoms. The average Bonchev–Trinajstić information content (AvgIpc) is 2.32. The van der Waals surface area contributed by atoms with Crippen LogP contribution in [0.4, 0.5) is 5.82 Å². The van der Waals surface area contributed by atoms with Crippen molar-refractivity contribution in [2.24, 2.45) is 0 Å². The van der Waals surface area contributed by atoms with Crippen molar-refractivity contribution < 1.29 is 4.74 Å². The highest BCUT2D eigenvalue weighted by Crippen LogP contribution is 2.26. The first kappa shape index (κ1) is 12.1. The first-order valence-corrected chi connectivity index (χ1v) is 6.42. The van der Waals surface area contributed by atoms with Crippen LogP contribution in [-0.2, 0) is 4.74 Å². The Balaban J connectivity index is 2.19. The molecule has 1 aromatic heterocycles. The zero-order chi connectivity index (χ0) is 11.5. The minimum absolute atomic E-state index is 0.273. The highest BCUT2D eigenvalue weighted by Gasteiger charge is 2.22. The van der Waals surface area contributed by atoms with Crippen LogP contribution in [0.25, 0.3) is 0 Å². The Hall–Kier alpha value is -0.390. The van der Waals surface area contributed by atoms with E-state index in [9.17, 15) is 0 Å². The normalized spacial score (nSPS) is 21.2. The monoisotopic (exact) mass is 305 g/mol. The molecule has 0 aliphatic carbocycles. The topological polar surface area (TPSA) is 38.2 Å². The van der Waals surface area contributed by atoms with Crippen molar-refractivity contribution in [3.05, 3.63) is 16.0 Å². The maximum absolute atomic E-state index is 5.81. The Morgan fingerprint density at radius 3 is 3.25 bits per heavy atom. The highest BCUT2D eigenvalue weighted by molar-refractivity contribution is 9.10. The molecule has 1 atom stereocenters. The van der Waals surface area contributed by atoms with Crippen LogP contribution in [0.3, 0.4) is 0 Å².